The first kappa shape index (κ1) is 21.6. The highest BCUT2D eigenvalue weighted by molar-refractivity contribution is 6.37. The van der Waals surface area contributed by atoms with Gasteiger partial charge < -0.3 is 19.4 Å². The monoisotopic (exact) mass is 438 g/mol. The van der Waals surface area contributed by atoms with E-state index in [1.807, 2.05) is 0 Å². The number of carboxylic acids is 1. The highest BCUT2D eigenvalue weighted by atomic mass is 35.5. The second kappa shape index (κ2) is 7.72. The van der Waals surface area contributed by atoms with E-state index in [9.17, 15) is 33.2 Å². The molecule has 1 atom stereocenters. The molecule has 0 aromatic heterocycles. The molecule has 150 valence electrons. The van der Waals surface area contributed by atoms with Crippen LogP contribution >= 0.6 is 23.2 Å². The fraction of sp³-hybridized carbons (Fsp3) is 0.188. The molecule has 0 amide bonds. The fourth-order valence-electron chi connectivity index (χ4n) is 1.92. The number of hydrogen-bond donors (Lipinski definition) is 0. The van der Waals surface area contributed by atoms with E-state index in [0.29, 0.717) is 19.1 Å². The Hall–Kier alpha value is -2.72. The number of halogens is 5. The molecule has 0 aliphatic rings. The Balaban J connectivity index is 2.34. The van der Waals surface area contributed by atoms with Crippen LogP contribution in [0.15, 0.2) is 36.4 Å². The van der Waals surface area contributed by atoms with Gasteiger partial charge in [0.25, 0.3) is 0 Å². The molecule has 0 saturated carbocycles. The van der Waals surface area contributed by atoms with Gasteiger partial charge in [-0.1, -0.05) is 29.3 Å². The molecule has 0 bridgehead atoms. The van der Waals surface area contributed by atoms with Crippen LogP contribution in [0.4, 0.5) is 13.2 Å². The van der Waals surface area contributed by atoms with Gasteiger partial charge in [0.05, 0.1) is 27.5 Å². The van der Waals surface area contributed by atoms with E-state index < -0.39 is 38.4 Å². The lowest BCUT2D eigenvalue weighted by molar-refractivity contribution is -0.605. The Labute approximate surface area is 165 Å². The number of alkyl halides is 3. The van der Waals surface area contributed by atoms with Crippen molar-refractivity contribution >= 4 is 29.2 Å². The van der Waals surface area contributed by atoms with Crippen molar-refractivity contribution in [2.45, 2.75) is 18.8 Å². The normalized spacial score (nSPS) is 13.5. The van der Waals surface area contributed by atoms with Gasteiger partial charge in [-0.2, -0.15) is 13.2 Å². The number of carbonyl (C=O) groups excluding carboxylic acids is 1. The van der Waals surface area contributed by atoms with Crippen molar-refractivity contribution in [2.24, 2.45) is 0 Å². The number of aliphatic carboxylic acids is 1. The predicted octanol–water partition coefficient (Wildman–Crippen LogP) is 3.93. The van der Waals surface area contributed by atoms with Crippen molar-refractivity contribution in [2.75, 3.05) is 0 Å². The Morgan fingerprint density at radius 3 is 2.11 bits per heavy atom. The first-order chi connectivity index (χ1) is 12.8. The van der Waals surface area contributed by atoms with Crippen LogP contribution in [-0.4, -0.2) is 16.6 Å². The van der Waals surface area contributed by atoms with E-state index in [4.69, 9.17) is 32.7 Å². The molecule has 0 aliphatic heterocycles. The molecule has 0 N–H and O–H groups in total. The highest BCUT2D eigenvalue weighted by Crippen LogP contribution is 2.42. The molecule has 0 spiro atoms. The lowest BCUT2D eigenvalue weighted by Crippen LogP contribution is -2.55. The third kappa shape index (κ3) is 4.57. The highest BCUT2D eigenvalue weighted by Gasteiger charge is 2.42. The Morgan fingerprint density at radius 1 is 1.11 bits per heavy atom. The zero-order valence-electron chi connectivity index (χ0n) is 13.8. The molecule has 0 saturated heterocycles. The molecule has 7 nitrogen and oxygen atoms in total. The molecule has 28 heavy (non-hydrogen) atoms. The van der Waals surface area contributed by atoms with Gasteiger partial charge >= 0.3 is 11.9 Å². The first-order valence-electron chi connectivity index (χ1n) is 7.23. The number of carboxylic acid groups (broad SMARTS) is 1. The lowest BCUT2D eigenvalue weighted by atomic mass is 10.2. The topological polar surface area (TPSA) is 102 Å². The van der Waals surface area contributed by atoms with Gasteiger partial charge in [-0.05, 0) is 24.3 Å². The second-order valence-electron chi connectivity index (χ2n) is 5.47. The van der Waals surface area contributed by atoms with Gasteiger partial charge in [0.2, 0.25) is 0 Å². The van der Waals surface area contributed by atoms with Gasteiger partial charge in [-0.25, -0.2) is 0 Å². The summed E-state index contributed by atoms with van der Waals surface area (Å²) in [5.41, 5.74) is -3.95. The summed E-state index contributed by atoms with van der Waals surface area (Å²) >= 11 is 11.6. The van der Waals surface area contributed by atoms with Crippen LogP contribution < -0.4 is 14.6 Å². The van der Waals surface area contributed by atoms with Gasteiger partial charge in [-0.3, -0.25) is 10.1 Å². The number of carbonyl (C=O) groups is 1. The number of benzene rings is 2. The molecule has 0 heterocycles. The quantitative estimate of drug-likeness (QED) is 0.384. The van der Waals surface area contributed by atoms with Gasteiger partial charge in [0.1, 0.15) is 11.5 Å². The maximum Gasteiger partial charge on any atom is 0.416 e. The van der Waals surface area contributed by atoms with Crippen molar-refractivity contribution in [3.63, 3.8) is 0 Å². The fourth-order valence-corrected chi connectivity index (χ4v) is 2.49. The van der Waals surface area contributed by atoms with Crippen LogP contribution in [-0.2, 0) is 11.0 Å². The average Bonchev–Trinajstić information content (AvgIpc) is 2.57. The largest absolute Gasteiger partial charge is 0.540 e. The molecular formula is C16H9Cl2F3NO6-. The first-order valence-corrected chi connectivity index (χ1v) is 7.99. The molecule has 0 fully saturated rings. The van der Waals surface area contributed by atoms with E-state index in [0.717, 1.165) is 6.07 Å². The summed E-state index contributed by atoms with van der Waals surface area (Å²) in [6, 6.07) is 6.11. The second-order valence-corrected chi connectivity index (χ2v) is 6.29. The SMILES string of the molecule is CC(Oc1cccc(Oc2c(Cl)cc(C(F)(F)F)cc2Cl)c1)(C(=O)[O-])[N+](=O)[O-]. The number of nitro groups is 1. The van der Waals surface area contributed by atoms with Crippen LogP contribution in [0.25, 0.3) is 0 Å². The van der Waals surface area contributed by atoms with E-state index in [1.165, 1.54) is 18.2 Å². The summed E-state index contributed by atoms with van der Waals surface area (Å²) in [7, 11) is 0. The summed E-state index contributed by atoms with van der Waals surface area (Å²) in [5, 5.41) is 21.1. The summed E-state index contributed by atoms with van der Waals surface area (Å²) < 4.78 is 48.5. The minimum atomic E-state index is -4.67. The summed E-state index contributed by atoms with van der Waals surface area (Å²) in [5.74, 6) is -2.74. The number of rotatable bonds is 6. The summed E-state index contributed by atoms with van der Waals surface area (Å²) in [6.45, 7) is 0.680. The number of ether oxygens (including phenoxy) is 2. The smallest absolute Gasteiger partial charge is 0.416 e. The maximum atomic E-state index is 12.8. The van der Waals surface area contributed by atoms with E-state index in [2.05, 4.69) is 0 Å². The zero-order valence-corrected chi connectivity index (χ0v) is 15.3. The average molecular weight is 439 g/mol. The molecule has 2 aromatic carbocycles. The van der Waals surface area contributed by atoms with Crippen molar-refractivity contribution in [3.05, 3.63) is 62.1 Å². The van der Waals surface area contributed by atoms with E-state index in [1.54, 1.807) is 0 Å². The van der Waals surface area contributed by atoms with Crippen LogP contribution in [0.3, 0.4) is 0 Å². The minimum Gasteiger partial charge on any atom is -0.540 e. The van der Waals surface area contributed by atoms with Crippen LogP contribution in [0.5, 0.6) is 17.2 Å². The van der Waals surface area contributed by atoms with Crippen LogP contribution in [0, 0.1) is 10.1 Å². The Morgan fingerprint density at radius 2 is 1.64 bits per heavy atom. The zero-order chi connectivity index (χ0) is 21.3. The molecule has 1 unspecified atom stereocenters. The standard InChI is InChI=1S/C16H10Cl2F3NO6/c1-15(14(23)24,22(25)26)28-10-4-2-3-9(7-10)27-13-11(17)5-8(6-12(13)18)16(19,20)21/h2-7H,1H3,(H,23,24)/p-1. The van der Waals surface area contributed by atoms with Gasteiger partial charge in [-0.15, -0.1) is 0 Å². The Kier molecular flexibility index (Phi) is 5.95. The van der Waals surface area contributed by atoms with Gasteiger partial charge in [0, 0.05) is 6.07 Å². The predicted molar refractivity (Wildman–Crippen MR) is 89.0 cm³/mol. The van der Waals surface area contributed by atoms with E-state index >= 15 is 0 Å². The summed E-state index contributed by atoms with van der Waals surface area (Å²) in [6.07, 6.45) is -4.67. The summed E-state index contributed by atoms with van der Waals surface area (Å²) in [4.78, 5) is 20.8. The molecule has 2 aromatic rings. The third-order valence-corrected chi connectivity index (χ3v) is 3.96. The third-order valence-electron chi connectivity index (χ3n) is 3.39. The van der Waals surface area contributed by atoms with Gasteiger partial charge in [0.15, 0.2) is 11.7 Å². The molecule has 0 radical (unpaired) electrons. The Bertz CT molecular complexity index is 898. The molecular weight excluding hydrogens is 430 g/mol. The van der Waals surface area contributed by atoms with Crippen LogP contribution in [0.2, 0.25) is 10.0 Å². The number of nitrogens with zero attached hydrogens (tertiary/aromatic N) is 1. The molecule has 12 heteroatoms. The van der Waals surface area contributed by atoms with Crippen molar-refractivity contribution in [3.8, 4) is 17.2 Å². The maximum absolute atomic E-state index is 12.8. The van der Waals surface area contributed by atoms with Crippen LogP contribution in [0.1, 0.15) is 12.5 Å². The van der Waals surface area contributed by atoms with Crippen molar-refractivity contribution in [1.82, 2.24) is 0 Å². The lowest BCUT2D eigenvalue weighted by Gasteiger charge is -2.22. The van der Waals surface area contributed by atoms with Crippen molar-refractivity contribution < 1.29 is 37.5 Å². The molecule has 2 rings (SSSR count). The molecule has 0 aliphatic carbocycles. The number of hydrogen-bond acceptors (Lipinski definition) is 6. The van der Waals surface area contributed by atoms with E-state index in [-0.39, 0.29) is 17.2 Å². The van der Waals surface area contributed by atoms with Crippen molar-refractivity contribution in [1.29, 1.82) is 0 Å². The minimum absolute atomic E-state index is 0.0786.